The van der Waals surface area contributed by atoms with Crippen molar-refractivity contribution in [2.75, 3.05) is 101 Å². The van der Waals surface area contributed by atoms with Gasteiger partial charge < -0.3 is 35.6 Å². The Morgan fingerprint density at radius 3 is 1.60 bits per heavy atom. The molecule has 0 aliphatic heterocycles. The monoisotopic (exact) mass is 612 g/mol. The van der Waals surface area contributed by atoms with E-state index >= 15 is 0 Å². The summed E-state index contributed by atoms with van der Waals surface area (Å²) in [6.07, 6.45) is 2.73. The van der Waals surface area contributed by atoms with Crippen LogP contribution in [0, 0.1) is 17.3 Å². The zero-order valence-electron chi connectivity index (χ0n) is 29.2. The van der Waals surface area contributed by atoms with E-state index in [-0.39, 0.29) is 42.8 Å². The van der Waals surface area contributed by atoms with Crippen LogP contribution >= 0.6 is 0 Å². The minimum atomic E-state index is -0.862. The number of carbonyl (C=O) groups excluding carboxylic acids is 4. The highest BCUT2D eigenvalue weighted by Gasteiger charge is 2.36. The number of nitrogens with zero attached hydrogens (tertiary/aromatic N) is 4. The summed E-state index contributed by atoms with van der Waals surface area (Å²) >= 11 is 0. The van der Waals surface area contributed by atoms with Gasteiger partial charge in [0, 0.05) is 89.0 Å². The first kappa shape index (κ1) is 40.9. The van der Waals surface area contributed by atoms with Crippen molar-refractivity contribution in [3.63, 3.8) is 0 Å². The predicted molar refractivity (Wildman–Crippen MR) is 176 cm³/mol. The first-order valence-electron chi connectivity index (χ1n) is 16.1. The lowest BCUT2D eigenvalue weighted by molar-refractivity contribution is -0.136. The number of nitrogens with one attached hydrogen (secondary N) is 3. The molecule has 0 aliphatic rings. The summed E-state index contributed by atoms with van der Waals surface area (Å²) in [5, 5.41) is 8.90. The maximum Gasteiger partial charge on any atom is 0.223 e. The van der Waals surface area contributed by atoms with E-state index in [1.54, 1.807) is 0 Å². The Morgan fingerprint density at radius 2 is 1.12 bits per heavy atom. The zero-order valence-corrected chi connectivity index (χ0v) is 29.2. The van der Waals surface area contributed by atoms with Crippen molar-refractivity contribution in [1.82, 2.24) is 35.6 Å². The summed E-state index contributed by atoms with van der Waals surface area (Å²) < 4.78 is 0. The Kier molecular flexibility index (Phi) is 21.3. The third-order valence-electron chi connectivity index (χ3n) is 7.91. The Labute approximate surface area is 262 Å². The van der Waals surface area contributed by atoms with Gasteiger partial charge in [0.1, 0.15) is 5.78 Å². The van der Waals surface area contributed by atoms with Crippen molar-refractivity contribution in [3.05, 3.63) is 0 Å². The maximum absolute atomic E-state index is 13.5. The van der Waals surface area contributed by atoms with Crippen LogP contribution in [0.15, 0.2) is 0 Å². The Morgan fingerprint density at radius 1 is 0.628 bits per heavy atom. The van der Waals surface area contributed by atoms with Crippen molar-refractivity contribution in [3.8, 4) is 0 Å². The molecule has 0 saturated carbocycles. The molecule has 0 aliphatic carbocycles. The highest BCUT2D eigenvalue weighted by molar-refractivity contribution is 5.91. The lowest BCUT2D eigenvalue weighted by Crippen LogP contribution is -2.42. The van der Waals surface area contributed by atoms with Crippen LogP contribution in [-0.4, -0.2) is 144 Å². The molecule has 2 atom stereocenters. The van der Waals surface area contributed by atoms with Gasteiger partial charge in [-0.15, -0.1) is 0 Å². The number of hydrogen-bond donors (Lipinski definition) is 3. The van der Waals surface area contributed by atoms with Gasteiger partial charge in [-0.05, 0) is 61.5 Å². The second-order valence-electron chi connectivity index (χ2n) is 13.2. The summed E-state index contributed by atoms with van der Waals surface area (Å²) in [6.45, 7) is 14.3. The van der Waals surface area contributed by atoms with Crippen LogP contribution in [-0.2, 0) is 19.2 Å². The van der Waals surface area contributed by atoms with Gasteiger partial charge in [0.2, 0.25) is 17.7 Å². The lowest BCUT2D eigenvalue weighted by Gasteiger charge is -2.29. The number of rotatable bonds is 25. The van der Waals surface area contributed by atoms with Crippen molar-refractivity contribution in [2.45, 2.75) is 66.2 Å². The summed E-state index contributed by atoms with van der Waals surface area (Å²) in [5.74, 6) is -1.63. The molecule has 0 heterocycles. The van der Waals surface area contributed by atoms with E-state index in [1.807, 2.05) is 63.1 Å². The number of Topliss-reactive ketones (excluding diaryl/α,β-unsaturated/α-hetero) is 1. The van der Waals surface area contributed by atoms with Gasteiger partial charge in [0.25, 0.3) is 0 Å². The van der Waals surface area contributed by atoms with E-state index in [0.717, 1.165) is 45.6 Å². The van der Waals surface area contributed by atoms with Gasteiger partial charge in [0.05, 0.1) is 0 Å². The molecule has 43 heavy (non-hydrogen) atoms. The molecular formula is C32H65N7O4. The molecular weight excluding hydrogens is 546 g/mol. The van der Waals surface area contributed by atoms with Crippen LogP contribution in [0.2, 0.25) is 0 Å². The van der Waals surface area contributed by atoms with Crippen molar-refractivity contribution in [1.29, 1.82) is 0 Å². The van der Waals surface area contributed by atoms with Gasteiger partial charge in [-0.25, -0.2) is 0 Å². The van der Waals surface area contributed by atoms with Crippen LogP contribution in [0.1, 0.15) is 66.2 Å². The van der Waals surface area contributed by atoms with E-state index in [9.17, 15) is 19.2 Å². The third kappa shape index (κ3) is 19.7. The molecule has 0 aromatic heterocycles. The second kappa shape index (κ2) is 22.4. The van der Waals surface area contributed by atoms with Crippen molar-refractivity contribution in [2.24, 2.45) is 17.3 Å². The average molecular weight is 612 g/mol. The third-order valence-corrected chi connectivity index (χ3v) is 7.91. The van der Waals surface area contributed by atoms with E-state index in [0.29, 0.717) is 32.6 Å². The Bertz CT molecular complexity index is 820. The first-order chi connectivity index (χ1) is 20.1. The summed E-state index contributed by atoms with van der Waals surface area (Å²) in [7, 11) is 12.2. The van der Waals surface area contributed by atoms with Gasteiger partial charge in [-0.2, -0.15) is 0 Å². The fourth-order valence-electron chi connectivity index (χ4n) is 4.60. The minimum absolute atomic E-state index is 0.0229. The van der Waals surface area contributed by atoms with Crippen LogP contribution in [0.5, 0.6) is 0 Å². The zero-order chi connectivity index (χ0) is 33.0. The van der Waals surface area contributed by atoms with E-state index < -0.39 is 17.3 Å². The Hall–Kier alpha value is -2.08. The van der Waals surface area contributed by atoms with E-state index in [1.165, 1.54) is 0 Å². The molecule has 252 valence electrons. The molecule has 0 bridgehead atoms. The van der Waals surface area contributed by atoms with Crippen molar-refractivity contribution < 1.29 is 19.2 Å². The molecule has 3 N–H and O–H groups in total. The molecule has 0 rings (SSSR count). The normalized spacial score (nSPS) is 13.4. The highest BCUT2D eigenvalue weighted by Crippen LogP contribution is 2.31. The molecule has 11 nitrogen and oxygen atoms in total. The number of amides is 3. The smallest absolute Gasteiger partial charge is 0.223 e. The fraction of sp³-hybridized carbons (Fsp3) is 0.875. The quantitative estimate of drug-likeness (QED) is 0.133. The number of carbonyl (C=O) groups is 4. The second-order valence-corrected chi connectivity index (χ2v) is 13.2. The first-order valence-corrected chi connectivity index (χ1v) is 16.1. The average Bonchev–Trinajstić information content (AvgIpc) is 2.92. The lowest BCUT2D eigenvalue weighted by atomic mass is 9.75. The standard InChI is InChI=1S/C32H65N7O4/c1-11-13-14-34-31(43)27(24-29(41)33-15-17-38(9)21-19-36(5)6)25-32(3,4)28(40)23-26(12-2)30(42)35-16-18-39(10)22-20-37(7)8/h26-27H,11-25H2,1-10H3,(H,33,41)(H,34,43)(H,35,42). The fourth-order valence-corrected chi connectivity index (χ4v) is 4.60. The predicted octanol–water partition coefficient (Wildman–Crippen LogP) is 1.53. The largest absolute Gasteiger partial charge is 0.356 e. The topological polar surface area (TPSA) is 117 Å². The molecule has 2 unspecified atom stereocenters. The molecule has 0 saturated heterocycles. The summed E-state index contributed by atoms with van der Waals surface area (Å²) in [4.78, 5) is 61.0. The molecule has 11 heteroatoms. The van der Waals surface area contributed by atoms with Gasteiger partial charge in [-0.1, -0.05) is 34.1 Å². The van der Waals surface area contributed by atoms with Crippen LogP contribution in [0.4, 0.5) is 0 Å². The van der Waals surface area contributed by atoms with Gasteiger partial charge in [0.15, 0.2) is 0 Å². The van der Waals surface area contributed by atoms with Gasteiger partial charge >= 0.3 is 0 Å². The molecule has 3 amide bonds. The van der Waals surface area contributed by atoms with Crippen LogP contribution in [0.3, 0.4) is 0 Å². The number of hydrogen-bond acceptors (Lipinski definition) is 8. The Balaban J connectivity index is 5.15. The van der Waals surface area contributed by atoms with Crippen LogP contribution in [0.25, 0.3) is 0 Å². The van der Waals surface area contributed by atoms with E-state index in [2.05, 4.69) is 42.5 Å². The maximum atomic E-state index is 13.5. The summed E-state index contributed by atoms with van der Waals surface area (Å²) in [5.41, 5.74) is -0.862. The van der Waals surface area contributed by atoms with E-state index in [4.69, 9.17) is 0 Å². The molecule has 0 radical (unpaired) electrons. The highest BCUT2D eigenvalue weighted by atomic mass is 16.2. The number of unbranched alkanes of at least 4 members (excludes halogenated alkanes) is 1. The molecule has 0 aromatic rings. The molecule has 0 aromatic carbocycles. The minimum Gasteiger partial charge on any atom is -0.356 e. The SMILES string of the molecule is CCCCNC(=O)C(CC(=O)NCCN(C)CCN(C)C)CC(C)(C)C(=O)CC(CC)C(=O)NCCN(C)CCN(C)C. The molecule has 0 fully saturated rings. The molecule has 0 spiro atoms. The van der Waals surface area contributed by atoms with Crippen molar-refractivity contribution >= 4 is 23.5 Å². The number of likely N-dealkylation sites (N-methyl/N-ethyl adjacent to an activating group) is 4. The number of ketones is 1. The summed E-state index contributed by atoms with van der Waals surface area (Å²) in [6, 6.07) is 0. The van der Waals surface area contributed by atoms with Crippen LogP contribution < -0.4 is 16.0 Å². The van der Waals surface area contributed by atoms with Gasteiger partial charge in [-0.3, -0.25) is 19.2 Å².